The maximum Gasteiger partial charge on any atom is 0.262 e. The number of hydrogen-bond donors (Lipinski definition) is 1. The van der Waals surface area contributed by atoms with E-state index >= 15 is 0 Å². The highest BCUT2D eigenvalue weighted by atomic mass is 32.2. The van der Waals surface area contributed by atoms with E-state index in [2.05, 4.69) is 18.8 Å². The summed E-state index contributed by atoms with van der Waals surface area (Å²) in [6.07, 6.45) is 3.16. The van der Waals surface area contributed by atoms with E-state index < -0.39 is 10.0 Å². The lowest BCUT2D eigenvalue weighted by atomic mass is 9.83. The van der Waals surface area contributed by atoms with Gasteiger partial charge < -0.3 is 10.3 Å². The zero-order chi connectivity index (χ0) is 13.6. The fourth-order valence-electron chi connectivity index (χ4n) is 2.21. The average molecular weight is 272 g/mol. The number of aromatic nitrogens is 2. The van der Waals surface area contributed by atoms with Crippen molar-refractivity contribution in [2.24, 2.45) is 12.5 Å². The number of anilines is 1. The van der Waals surface area contributed by atoms with Crippen molar-refractivity contribution in [1.82, 2.24) is 13.9 Å². The number of hydrogen-bond acceptors (Lipinski definition) is 4. The zero-order valence-electron chi connectivity index (χ0n) is 11.0. The molecule has 6 nitrogen and oxygen atoms in total. The van der Waals surface area contributed by atoms with Crippen molar-refractivity contribution in [1.29, 1.82) is 0 Å². The first-order chi connectivity index (χ1) is 8.24. The summed E-state index contributed by atoms with van der Waals surface area (Å²) in [6, 6.07) is 0. The van der Waals surface area contributed by atoms with Gasteiger partial charge in [-0.05, 0) is 18.3 Å². The fraction of sp³-hybridized carbons (Fsp3) is 0.727. The molecule has 0 amide bonds. The minimum atomic E-state index is -3.52. The highest BCUT2D eigenvalue weighted by Gasteiger charge is 2.35. The van der Waals surface area contributed by atoms with Gasteiger partial charge in [0.2, 0.25) is 0 Å². The lowest BCUT2D eigenvalue weighted by Gasteiger charge is -2.36. The molecule has 7 heteroatoms. The number of sulfonamides is 1. The molecule has 1 aliphatic heterocycles. The van der Waals surface area contributed by atoms with Gasteiger partial charge in [0.15, 0.2) is 10.8 Å². The molecule has 2 heterocycles. The number of nitrogens with zero attached hydrogens (tertiary/aromatic N) is 3. The van der Waals surface area contributed by atoms with Crippen LogP contribution >= 0.6 is 0 Å². The summed E-state index contributed by atoms with van der Waals surface area (Å²) < 4.78 is 27.9. The summed E-state index contributed by atoms with van der Waals surface area (Å²) in [7, 11) is -1.88. The predicted octanol–water partition coefficient (Wildman–Crippen LogP) is 0.813. The van der Waals surface area contributed by atoms with Crippen LogP contribution in [-0.4, -0.2) is 35.4 Å². The second-order valence-electron chi connectivity index (χ2n) is 5.61. The van der Waals surface area contributed by atoms with Crippen LogP contribution in [0.2, 0.25) is 0 Å². The quantitative estimate of drug-likeness (QED) is 0.864. The maximum atomic E-state index is 12.5. The molecule has 1 aromatic rings. The molecule has 18 heavy (non-hydrogen) atoms. The Balaban J connectivity index is 2.29. The molecular weight excluding hydrogens is 252 g/mol. The minimum Gasteiger partial charge on any atom is -0.381 e. The average Bonchev–Trinajstić information content (AvgIpc) is 2.58. The van der Waals surface area contributed by atoms with Crippen LogP contribution in [0.5, 0.6) is 0 Å². The molecule has 1 saturated heterocycles. The molecule has 2 rings (SSSR count). The molecule has 1 aliphatic rings. The SMILES string of the molecule is Cn1cnc(N)c1S(=O)(=O)N1CCC(C)(C)CC1. The lowest BCUT2D eigenvalue weighted by molar-refractivity contribution is 0.195. The van der Waals surface area contributed by atoms with Crippen molar-refractivity contribution in [3.8, 4) is 0 Å². The highest BCUT2D eigenvalue weighted by Crippen LogP contribution is 2.33. The molecule has 2 N–H and O–H groups in total. The Bertz CT molecular complexity index is 518. The number of piperidine rings is 1. The molecule has 0 bridgehead atoms. The predicted molar refractivity (Wildman–Crippen MR) is 69.4 cm³/mol. The lowest BCUT2D eigenvalue weighted by Crippen LogP contribution is -2.41. The van der Waals surface area contributed by atoms with Gasteiger partial charge in [0.1, 0.15) is 0 Å². The van der Waals surface area contributed by atoms with Crippen molar-refractivity contribution >= 4 is 15.8 Å². The van der Waals surface area contributed by atoms with Crippen LogP contribution in [0.3, 0.4) is 0 Å². The van der Waals surface area contributed by atoms with Gasteiger partial charge in [-0.1, -0.05) is 13.8 Å². The van der Waals surface area contributed by atoms with Gasteiger partial charge in [-0.25, -0.2) is 13.4 Å². The Morgan fingerprint density at radius 3 is 2.33 bits per heavy atom. The van der Waals surface area contributed by atoms with Gasteiger partial charge in [0.25, 0.3) is 10.0 Å². The molecule has 0 spiro atoms. The highest BCUT2D eigenvalue weighted by molar-refractivity contribution is 7.89. The molecule has 0 atom stereocenters. The van der Waals surface area contributed by atoms with Crippen molar-refractivity contribution in [2.75, 3.05) is 18.8 Å². The van der Waals surface area contributed by atoms with Crippen LogP contribution < -0.4 is 5.73 Å². The van der Waals surface area contributed by atoms with Gasteiger partial charge in [-0.2, -0.15) is 4.31 Å². The number of nitrogen functional groups attached to an aromatic ring is 1. The zero-order valence-corrected chi connectivity index (χ0v) is 11.9. The van der Waals surface area contributed by atoms with Gasteiger partial charge >= 0.3 is 0 Å². The third-order valence-electron chi connectivity index (χ3n) is 3.57. The summed E-state index contributed by atoms with van der Waals surface area (Å²) >= 11 is 0. The van der Waals surface area contributed by atoms with Crippen LogP contribution in [0.25, 0.3) is 0 Å². The maximum absolute atomic E-state index is 12.5. The summed E-state index contributed by atoms with van der Waals surface area (Å²) in [5.41, 5.74) is 5.86. The van der Waals surface area contributed by atoms with E-state index in [9.17, 15) is 8.42 Å². The van der Waals surface area contributed by atoms with Crippen molar-refractivity contribution in [2.45, 2.75) is 31.7 Å². The molecule has 102 valence electrons. The van der Waals surface area contributed by atoms with E-state index in [1.54, 1.807) is 7.05 Å². The molecule has 1 fully saturated rings. The van der Waals surface area contributed by atoms with Crippen LogP contribution in [0, 0.1) is 5.41 Å². The van der Waals surface area contributed by atoms with Crippen LogP contribution in [-0.2, 0) is 17.1 Å². The molecule has 0 saturated carbocycles. The Morgan fingerprint density at radius 1 is 1.33 bits per heavy atom. The first kappa shape index (κ1) is 13.4. The monoisotopic (exact) mass is 272 g/mol. The van der Waals surface area contributed by atoms with Crippen LogP contribution in [0.4, 0.5) is 5.82 Å². The molecule has 0 unspecified atom stereocenters. The van der Waals surface area contributed by atoms with E-state index in [0.29, 0.717) is 13.1 Å². The Hall–Kier alpha value is -1.08. The largest absolute Gasteiger partial charge is 0.381 e. The number of nitrogens with two attached hydrogens (primary N) is 1. The third-order valence-corrected chi connectivity index (χ3v) is 5.60. The van der Waals surface area contributed by atoms with E-state index in [4.69, 9.17) is 5.73 Å². The standard InChI is InChI=1S/C11H20N4O2S/c1-11(2)4-6-15(7-5-11)18(16,17)10-9(12)13-8-14(10)3/h8H,4-7,12H2,1-3H3. The summed E-state index contributed by atoms with van der Waals surface area (Å²) in [5, 5.41) is 0.0993. The molecule has 0 radical (unpaired) electrons. The van der Waals surface area contributed by atoms with E-state index in [1.165, 1.54) is 15.2 Å². The second-order valence-corrected chi connectivity index (χ2v) is 7.47. The molecule has 1 aromatic heterocycles. The third kappa shape index (κ3) is 2.24. The van der Waals surface area contributed by atoms with Crippen molar-refractivity contribution in [3.63, 3.8) is 0 Å². The molecule has 0 aliphatic carbocycles. The fourth-order valence-corrected chi connectivity index (χ4v) is 3.84. The first-order valence-electron chi connectivity index (χ1n) is 6.01. The van der Waals surface area contributed by atoms with E-state index in [0.717, 1.165) is 12.8 Å². The van der Waals surface area contributed by atoms with Crippen LogP contribution in [0.1, 0.15) is 26.7 Å². The number of imidazole rings is 1. The summed E-state index contributed by atoms with van der Waals surface area (Å²) in [4.78, 5) is 3.84. The topological polar surface area (TPSA) is 81.2 Å². The Kier molecular flexibility index (Phi) is 3.14. The molecule has 0 aromatic carbocycles. The smallest absolute Gasteiger partial charge is 0.262 e. The van der Waals surface area contributed by atoms with Crippen molar-refractivity contribution in [3.05, 3.63) is 6.33 Å². The normalized spacial score (nSPS) is 21.1. The van der Waals surface area contributed by atoms with Gasteiger partial charge in [-0.3, -0.25) is 0 Å². The van der Waals surface area contributed by atoms with Gasteiger partial charge in [0.05, 0.1) is 6.33 Å². The van der Waals surface area contributed by atoms with E-state index in [1.807, 2.05) is 0 Å². The minimum absolute atomic E-state index is 0.0716. The Morgan fingerprint density at radius 2 is 1.89 bits per heavy atom. The second kappa shape index (κ2) is 4.24. The Labute approximate surface area is 108 Å². The van der Waals surface area contributed by atoms with Crippen LogP contribution in [0.15, 0.2) is 11.4 Å². The van der Waals surface area contributed by atoms with Crippen molar-refractivity contribution < 1.29 is 8.42 Å². The van der Waals surface area contributed by atoms with Gasteiger partial charge in [0, 0.05) is 20.1 Å². The summed E-state index contributed by atoms with van der Waals surface area (Å²) in [6.45, 7) is 5.41. The van der Waals surface area contributed by atoms with Gasteiger partial charge in [-0.15, -0.1) is 0 Å². The van der Waals surface area contributed by atoms with E-state index in [-0.39, 0.29) is 16.3 Å². The number of rotatable bonds is 2. The molecular formula is C11H20N4O2S. The summed E-state index contributed by atoms with van der Waals surface area (Å²) in [5.74, 6) is 0.0716. The number of aryl methyl sites for hydroxylation is 1. The first-order valence-corrected chi connectivity index (χ1v) is 7.45.